The number of aromatic hydroxyl groups is 1. The van der Waals surface area contributed by atoms with E-state index in [-0.39, 0.29) is 23.8 Å². The Kier molecular flexibility index (Phi) is 6.80. The SMILES string of the molecule is COc1ccc(F)c(-c2ccc(COc3cccc([C@@H](C)C(C)C(=O)O)c3)cc2O)c1. The van der Waals surface area contributed by atoms with E-state index in [0.717, 1.165) is 5.56 Å². The quantitative estimate of drug-likeness (QED) is 0.492. The number of carboxylic acid groups (broad SMARTS) is 1. The van der Waals surface area contributed by atoms with Crippen molar-refractivity contribution in [3.05, 3.63) is 77.6 Å². The van der Waals surface area contributed by atoms with Crippen molar-refractivity contribution in [3.8, 4) is 28.4 Å². The number of phenols is 1. The highest BCUT2D eigenvalue weighted by molar-refractivity contribution is 5.72. The molecule has 5 nitrogen and oxygen atoms in total. The summed E-state index contributed by atoms with van der Waals surface area (Å²) in [5.74, 6) is -0.952. The summed E-state index contributed by atoms with van der Waals surface area (Å²) in [6.45, 7) is 3.74. The van der Waals surface area contributed by atoms with E-state index in [2.05, 4.69) is 0 Å². The maximum Gasteiger partial charge on any atom is 0.306 e. The van der Waals surface area contributed by atoms with Crippen LogP contribution in [0.15, 0.2) is 60.7 Å². The Hall–Kier alpha value is -3.54. The van der Waals surface area contributed by atoms with Crippen LogP contribution in [0.3, 0.4) is 0 Å². The van der Waals surface area contributed by atoms with Gasteiger partial charge < -0.3 is 19.7 Å². The normalized spacial score (nSPS) is 12.8. The average Bonchev–Trinajstić information content (AvgIpc) is 2.77. The number of phenolic OH excluding ortho intramolecular Hbond substituents is 1. The lowest BCUT2D eigenvalue weighted by atomic mass is 9.89. The van der Waals surface area contributed by atoms with Gasteiger partial charge in [0.05, 0.1) is 13.0 Å². The van der Waals surface area contributed by atoms with Gasteiger partial charge in [-0.2, -0.15) is 0 Å². The molecule has 0 heterocycles. The standard InChI is InChI=1S/C25H25FO5/c1-15(16(2)25(28)29)18-5-4-6-20(12-18)31-14-17-7-9-21(24(27)11-17)22-13-19(30-3)8-10-23(22)26/h4-13,15-16,27H,14H2,1-3H3,(H,28,29)/t15-,16?/m0/s1. The molecule has 3 rings (SSSR count). The molecule has 0 spiro atoms. The van der Waals surface area contributed by atoms with Gasteiger partial charge in [0.2, 0.25) is 0 Å². The fourth-order valence-electron chi connectivity index (χ4n) is 3.29. The van der Waals surface area contributed by atoms with E-state index < -0.39 is 17.7 Å². The predicted octanol–water partition coefficient (Wildman–Crippen LogP) is 5.61. The number of hydrogen-bond acceptors (Lipinski definition) is 4. The van der Waals surface area contributed by atoms with E-state index in [1.54, 1.807) is 25.1 Å². The van der Waals surface area contributed by atoms with E-state index in [9.17, 15) is 19.4 Å². The van der Waals surface area contributed by atoms with Gasteiger partial charge in [-0.05, 0) is 53.4 Å². The lowest BCUT2D eigenvalue weighted by Crippen LogP contribution is -2.16. The van der Waals surface area contributed by atoms with Crippen molar-refractivity contribution in [1.29, 1.82) is 0 Å². The highest BCUT2D eigenvalue weighted by Gasteiger charge is 2.21. The lowest BCUT2D eigenvalue weighted by Gasteiger charge is -2.17. The van der Waals surface area contributed by atoms with Crippen LogP contribution in [0.4, 0.5) is 4.39 Å². The molecule has 3 aromatic carbocycles. The smallest absolute Gasteiger partial charge is 0.306 e. The first kappa shape index (κ1) is 22.2. The van der Waals surface area contributed by atoms with Crippen molar-refractivity contribution in [2.75, 3.05) is 7.11 Å². The maximum atomic E-state index is 14.2. The summed E-state index contributed by atoms with van der Waals surface area (Å²) >= 11 is 0. The second-order valence-corrected chi connectivity index (χ2v) is 7.47. The Morgan fingerprint density at radius 1 is 1.00 bits per heavy atom. The second-order valence-electron chi connectivity index (χ2n) is 7.47. The summed E-state index contributed by atoms with van der Waals surface area (Å²) in [5.41, 5.74) is 2.19. The third-order valence-corrected chi connectivity index (χ3v) is 5.45. The zero-order valence-electron chi connectivity index (χ0n) is 17.6. The molecule has 2 N–H and O–H groups in total. The van der Waals surface area contributed by atoms with Gasteiger partial charge in [-0.15, -0.1) is 0 Å². The minimum Gasteiger partial charge on any atom is -0.507 e. The van der Waals surface area contributed by atoms with Crippen LogP contribution in [0, 0.1) is 11.7 Å². The summed E-state index contributed by atoms with van der Waals surface area (Å²) in [7, 11) is 1.50. The molecule has 0 aromatic heterocycles. The van der Waals surface area contributed by atoms with Gasteiger partial charge in [-0.25, -0.2) is 4.39 Å². The van der Waals surface area contributed by atoms with Gasteiger partial charge in [0.1, 0.15) is 29.7 Å². The molecular weight excluding hydrogens is 399 g/mol. The fraction of sp³-hybridized carbons (Fsp3) is 0.240. The molecule has 0 aliphatic carbocycles. The van der Waals surface area contributed by atoms with Crippen molar-refractivity contribution in [2.45, 2.75) is 26.4 Å². The molecule has 0 fully saturated rings. The Morgan fingerprint density at radius 2 is 1.77 bits per heavy atom. The van der Waals surface area contributed by atoms with Gasteiger partial charge in [-0.1, -0.05) is 38.1 Å². The third kappa shape index (κ3) is 5.15. The van der Waals surface area contributed by atoms with Crippen LogP contribution in [0.1, 0.15) is 30.9 Å². The minimum atomic E-state index is -0.846. The Labute approximate surface area is 180 Å². The monoisotopic (exact) mass is 424 g/mol. The first-order chi connectivity index (χ1) is 14.8. The van der Waals surface area contributed by atoms with Crippen LogP contribution in [0.2, 0.25) is 0 Å². The van der Waals surface area contributed by atoms with Crippen LogP contribution in [-0.2, 0) is 11.4 Å². The van der Waals surface area contributed by atoms with Crippen LogP contribution in [0.5, 0.6) is 17.2 Å². The molecule has 0 saturated carbocycles. The number of carbonyl (C=O) groups is 1. The van der Waals surface area contributed by atoms with Gasteiger partial charge in [-0.3, -0.25) is 4.79 Å². The summed E-state index contributed by atoms with van der Waals surface area (Å²) < 4.78 is 25.2. The number of carboxylic acids is 1. The molecule has 0 aliphatic heterocycles. The van der Waals surface area contributed by atoms with Crippen molar-refractivity contribution in [1.82, 2.24) is 0 Å². The lowest BCUT2D eigenvalue weighted by molar-refractivity contribution is -0.141. The van der Waals surface area contributed by atoms with Crippen molar-refractivity contribution < 1.29 is 28.9 Å². The van der Waals surface area contributed by atoms with Crippen molar-refractivity contribution in [3.63, 3.8) is 0 Å². The number of methoxy groups -OCH3 is 1. The van der Waals surface area contributed by atoms with E-state index in [1.165, 1.54) is 31.4 Å². The van der Waals surface area contributed by atoms with Gasteiger partial charge >= 0.3 is 5.97 Å². The number of halogens is 1. The maximum absolute atomic E-state index is 14.2. The molecule has 0 aliphatic rings. The first-order valence-electron chi connectivity index (χ1n) is 9.91. The molecule has 1 unspecified atom stereocenters. The summed E-state index contributed by atoms with van der Waals surface area (Å²) in [5, 5.41) is 19.7. The molecule has 162 valence electrons. The molecule has 0 amide bonds. The van der Waals surface area contributed by atoms with E-state index in [4.69, 9.17) is 9.47 Å². The van der Waals surface area contributed by atoms with Crippen LogP contribution >= 0.6 is 0 Å². The second kappa shape index (κ2) is 9.51. The van der Waals surface area contributed by atoms with Crippen LogP contribution < -0.4 is 9.47 Å². The van der Waals surface area contributed by atoms with Crippen LogP contribution in [0.25, 0.3) is 11.1 Å². The Bertz CT molecular complexity index is 1080. The fourth-order valence-corrected chi connectivity index (χ4v) is 3.29. The van der Waals surface area contributed by atoms with Gasteiger partial charge in [0.25, 0.3) is 0 Å². The highest BCUT2D eigenvalue weighted by Crippen LogP contribution is 2.34. The average molecular weight is 424 g/mol. The van der Waals surface area contributed by atoms with E-state index >= 15 is 0 Å². The number of hydrogen-bond donors (Lipinski definition) is 2. The predicted molar refractivity (Wildman–Crippen MR) is 116 cm³/mol. The molecule has 31 heavy (non-hydrogen) atoms. The zero-order chi connectivity index (χ0) is 22.5. The van der Waals surface area contributed by atoms with E-state index in [1.807, 2.05) is 25.1 Å². The molecule has 2 atom stereocenters. The van der Waals surface area contributed by atoms with Crippen molar-refractivity contribution in [2.24, 2.45) is 5.92 Å². The molecule has 0 saturated heterocycles. The summed E-state index contributed by atoms with van der Waals surface area (Å²) in [6, 6.07) is 16.6. The summed E-state index contributed by atoms with van der Waals surface area (Å²) in [6.07, 6.45) is 0. The highest BCUT2D eigenvalue weighted by atomic mass is 19.1. The zero-order valence-corrected chi connectivity index (χ0v) is 17.6. The molecule has 0 bridgehead atoms. The molecule has 3 aromatic rings. The van der Waals surface area contributed by atoms with E-state index in [0.29, 0.717) is 22.6 Å². The first-order valence-corrected chi connectivity index (χ1v) is 9.91. The van der Waals surface area contributed by atoms with Crippen molar-refractivity contribution >= 4 is 5.97 Å². The van der Waals surface area contributed by atoms with Crippen LogP contribution in [-0.4, -0.2) is 23.3 Å². The third-order valence-electron chi connectivity index (χ3n) is 5.45. The largest absolute Gasteiger partial charge is 0.507 e. The minimum absolute atomic E-state index is 0.0640. The topological polar surface area (TPSA) is 76.0 Å². The molecule has 0 radical (unpaired) electrons. The summed E-state index contributed by atoms with van der Waals surface area (Å²) in [4.78, 5) is 11.2. The van der Waals surface area contributed by atoms with Gasteiger partial charge in [0.15, 0.2) is 0 Å². The molecule has 6 heteroatoms. The number of benzene rings is 3. The number of ether oxygens (including phenoxy) is 2. The molecular formula is C25H25FO5. The Balaban J connectivity index is 1.75. The Morgan fingerprint density at radius 3 is 2.45 bits per heavy atom. The van der Waals surface area contributed by atoms with Gasteiger partial charge in [0, 0.05) is 11.1 Å². The number of rotatable bonds is 8. The number of aliphatic carboxylic acids is 1.